The summed E-state index contributed by atoms with van der Waals surface area (Å²) in [5, 5.41) is 0. The first-order valence-corrected chi connectivity index (χ1v) is 5.32. The van der Waals surface area contributed by atoms with Crippen LogP contribution in [0.5, 0.6) is 0 Å². The Labute approximate surface area is 87.9 Å². The van der Waals surface area contributed by atoms with E-state index >= 15 is 0 Å². The van der Waals surface area contributed by atoms with Crippen LogP contribution in [0.2, 0.25) is 0 Å². The maximum absolute atomic E-state index is 10.0. The molecule has 14 heavy (non-hydrogen) atoms. The van der Waals surface area contributed by atoms with Crippen LogP contribution in [0.3, 0.4) is 0 Å². The van der Waals surface area contributed by atoms with Crippen LogP contribution in [0.25, 0.3) is 0 Å². The second kappa shape index (κ2) is 7.54. The molecule has 0 aromatic carbocycles. The van der Waals surface area contributed by atoms with Crippen molar-refractivity contribution in [1.82, 2.24) is 0 Å². The summed E-state index contributed by atoms with van der Waals surface area (Å²) in [4.78, 5) is 10.0. The van der Waals surface area contributed by atoms with Gasteiger partial charge in [0.25, 0.3) is 0 Å². The van der Waals surface area contributed by atoms with Gasteiger partial charge in [-0.15, -0.1) is 0 Å². The van der Waals surface area contributed by atoms with Gasteiger partial charge in [-0.2, -0.15) is 0 Å². The number of hydrogen-bond donors (Lipinski definition) is 0. The molecule has 0 fully saturated rings. The first kappa shape index (κ1) is 13.2. The topological polar surface area (TPSA) is 17.1 Å². The van der Waals surface area contributed by atoms with Crippen molar-refractivity contribution in [3.8, 4) is 0 Å². The van der Waals surface area contributed by atoms with Gasteiger partial charge in [0.15, 0.2) is 0 Å². The van der Waals surface area contributed by atoms with Crippen molar-refractivity contribution in [2.45, 2.75) is 46.5 Å². The van der Waals surface area contributed by atoms with Crippen LogP contribution in [-0.2, 0) is 4.79 Å². The third-order valence-corrected chi connectivity index (χ3v) is 1.74. The number of hydrogen-bond acceptors (Lipinski definition) is 1. The Morgan fingerprint density at radius 1 is 0.857 bits per heavy atom. The predicted molar refractivity (Wildman–Crippen MR) is 62.3 cm³/mol. The zero-order valence-electron chi connectivity index (χ0n) is 9.62. The van der Waals surface area contributed by atoms with Gasteiger partial charge >= 0.3 is 0 Å². The van der Waals surface area contributed by atoms with E-state index in [0.29, 0.717) is 11.8 Å². The van der Waals surface area contributed by atoms with Gasteiger partial charge in [0.1, 0.15) is 6.29 Å². The molecule has 0 rings (SSSR count). The summed E-state index contributed by atoms with van der Waals surface area (Å²) in [7, 11) is 0. The number of unbranched alkanes of at least 4 members (excludes halogenated alkanes) is 2. The fourth-order valence-corrected chi connectivity index (χ4v) is 1.03. The quantitative estimate of drug-likeness (QED) is 0.356. The molecule has 0 aromatic heterocycles. The molecule has 1 nitrogen and oxygen atoms in total. The van der Waals surface area contributed by atoms with Crippen molar-refractivity contribution in [1.29, 1.82) is 0 Å². The van der Waals surface area contributed by atoms with E-state index in [9.17, 15) is 4.79 Å². The molecule has 0 aliphatic rings. The zero-order valence-corrected chi connectivity index (χ0v) is 9.62. The largest absolute Gasteiger partial charge is 0.303 e. The Kier molecular flexibility index (Phi) is 7.09. The molecule has 0 N–H and O–H groups in total. The van der Waals surface area contributed by atoms with Crippen molar-refractivity contribution < 1.29 is 4.79 Å². The second-order valence-electron chi connectivity index (χ2n) is 4.56. The number of allylic oxidation sites excluding steroid dienone is 4. The maximum atomic E-state index is 10.0. The van der Waals surface area contributed by atoms with E-state index in [1.165, 1.54) is 0 Å². The minimum atomic E-state index is 0.293. The van der Waals surface area contributed by atoms with Crippen LogP contribution in [-0.4, -0.2) is 6.29 Å². The van der Waals surface area contributed by atoms with Crippen molar-refractivity contribution in [3.05, 3.63) is 24.3 Å². The van der Waals surface area contributed by atoms with Gasteiger partial charge in [0.05, 0.1) is 0 Å². The van der Waals surface area contributed by atoms with E-state index in [1.807, 2.05) is 0 Å². The molecule has 0 saturated heterocycles. The maximum Gasteiger partial charge on any atom is 0.120 e. The Morgan fingerprint density at radius 3 is 1.86 bits per heavy atom. The van der Waals surface area contributed by atoms with Crippen LogP contribution in [0, 0.1) is 5.41 Å². The first-order valence-electron chi connectivity index (χ1n) is 5.32. The number of carbonyl (C=O) groups is 1. The van der Waals surface area contributed by atoms with Gasteiger partial charge in [0, 0.05) is 6.42 Å². The highest BCUT2D eigenvalue weighted by Gasteiger charge is 2.01. The second-order valence-corrected chi connectivity index (χ2v) is 4.56. The van der Waals surface area contributed by atoms with Gasteiger partial charge in [-0.25, -0.2) is 0 Å². The number of rotatable bonds is 6. The lowest BCUT2D eigenvalue weighted by atomic mass is 9.96. The molecule has 0 unspecified atom stereocenters. The summed E-state index contributed by atoms with van der Waals surface area (Å²) in [6, 6.07) is 0. The van der Waals surface area contributed by atoms with Gasteiger partial charge < -0.3 is 4.79 Å². The normalized spacial score (nSPS) is 12.8. The van der Waals surface area contributed by atoms with E-state index in [0.717, 1.165) is 25.5 Å². The smallest absolute Gasteiger partial charge is 0.120 e. The summed E-state index contributed by atoms with van der Waals surface area (Å²) in [5.74, 6) is 0. The Morgan fingerprint density at radius 2 is 1.36 bits per heavy atom. The fourth-order valence-electron chi connectivity index (χ4n) is 1.03. The van der Waals surface area contributed by atoms with Gasteiger partial charge in [-0.05, 0) is 24.7 Å². The van der Waals surface area contributed by atoms with Crippen LogP contribution in [0.1, 0.15) is 46.5 Å². The molecule has 0 amide bonds. The van der Waals surface area contributed by atoms with Crippen molar-refractivity contribution >= 4 is 6.29 Å². The Hall–Kier alpha value is -0.850. The fraction of sp³-hybridized carbons (Fsp3) is 0.615. The minimum absolute atomic E-state index is 0.293. The molecule has 0 aliphatic heterocycles. The molecule has 0 radical (unpaired) electrons. The molecule has 1 heteroatoms. The third kappa shape index (κ3) is 11.2. The summed E-state index contributed by atoms with van der Waals surface area (Å²) in [6.07, 6.45) is 13.4. The van der Waals surface area contributed by atoms with Crippen molar-refractivity contribution in [3.63, 3.8) is 0 Å². The molecular weight excluding hydrogens is 172 g/mol. The number of carbonyl (C=O) groups excluding carboxylic acids is 1. The predicted octanol–water partition coefficient (Wildman–Crippen LogP) is 3.90. The highest BCUT2D eigenvalue weighted by Crippen LogP contribution is 2.15. The van der Waals surface area contributed by atoms with E-state index in [2.05, 4.69) is 45.1 Å². The Balaban J connectivity index is 3.41. The van der Waals surface area contributed by atoms with Crippen molar-refractivity contribution in [2.75, 3.05) is 0 Å². The molecule has 0 aliphatic carbocycles. The van der Waals surface area contributed by atoms with Gasteiger partial charge in [0.2, 0.25) is 0 Å². The molecule has 0 bridgehead atoms. The SMILES string of the molecule is CC(C)(C)C=CCCC=CCCC=O. The van der Waals surface area contributed by atoms with Crippen LogP contribution < -0.4 is 0 Å². The average molecular weight is 194 g/mol. The lowest BCUT2D eigenvalue weighted by molar-refractivity contribution is -0.107. The highest BCUT2D eigenvalue weighted by atomic mass is 16.1. The van der Waals surface area contributed by atoms with E-state index in [1.54, 1.807) is 0 Å². The zero-order chi connectivity index (χ0) is 10.9. The minimum Gasteiger partial charge on any atom is -0.303 e. The van der Waals surface area contributed by atoms with Crippen LogP contribution in [0.4, 0.5) is 0 Å². The molecule has 0 atom stereocenters. The van der Waals surface area contributed by atoms with Gasteiger partial charge in [-0.3, -0.25) is 0 Å². The lowest BCUT2D eigenvalue weighted by Gasteiger charge is -2.10. The van der Waals surface area contributed by atoms with Gasteiger partial charge in [-0.1, -0.05) is 45.1 Å². The number of aldehydes is 1. The summed E-state index contributed by atoms with van der Waals surface area (Å²) in [5.41, 5.74) is 0.293. The third-order valence-electron chi connectivity index (χ3n) is 1.74. The summed E-state index contributed by atoms with van der Waals surface area (Å²) in [6.45, 7) is 6.59. The van der Waals surface area contributed by atoms with Crippen LogP contribution >= 0.6 is 0 Å². The summed E-state index contributed by atoms with van der Waals surface area (Å²) < 4.78 is 0. The summed E-state index contributed by atoms with van der Waals surface area (Å²) >= 11 is 0. The monoisotopic (exact) mass is 194 g/mol. The average Bonchev–Trinajstić information content (AvgIpc) is 2.08. The molecule has 0 spiro atoms. The van der Waals surface area contributed by atoms with E-state index < -0.39 is 0 Å². The molecule has 80 valence electrons. The van der Waals surface area contributed by atoms with Crippen LogP contribution in [0.15, 0.2) is 24.3 Å². The molecular formula is C13H22O. The van der Waals surface area contributed by atoms with Crippen molar-refractivity contribution in [2.24, 2.45) is 5.41 Å². The Bertz CT molecular complexity index is 194. The van der Waals surface area contributed by atoms with E-state index in [4.69, 9.17) is 0 Å². The van der Waals surface area contributed by atoms with E-state index in [-0.39, 0.29) is 0 Å². The first-order chi connectivity index (χ1) is 6.56. The molecule has 0 heterocycles. The highest BCUT2D eigenvalue weighted by molar-refractivity contribution is 5.49. The molecule has 0 aromatic rings. The molecule has 0 saturated carbocycles. The standard InChI is InChI=1S/C13H22O/c1-13(2,3)11-9-7-5-4-6-8-10-12-14/h4,6,9,11-12H,5,7-8,10H2,1-3H3. The lowest BCUT2D eigenvalue weighted by Crippen LogP contribution is -1.97.